The number of ketones is 1. The van der Waals surface area contributed by atoms with Crippen LogP contribution in [0.5, 0.6) is 0 Å². The first-order chi connectivity index (χ1) is 6.47. The van der Waals surface area contributed by atoms with Crippen molar-refractivity contribution >= 4 is 5.78 Å². The molecule has 0 amide bonds. The van der Waals surface area contributed by atoms with Crippen LogP contribution in [0.15, 0.2) is 0 Å². The van der Waals surface area contributed by atoms with Crippen LogP contribution in [-0.2, 0) is 4.79 Å². The van der Waals surface area contributed by atoms with Crippen molar-refractivity contribution in [1.82, 2.24) is 4.90 Å². The number of carbonyl (C=O) groups is 1. The maximum Gasteiger partial charge on any atom is 0.389 e. The van der Waals surface area contributed by atoms with Crippen LogP contribution in [0.1, 0.15) is 25.7 Å². The van der Waals surface area contributed by atoms with Gasteiger partial charge in [0.05, 0.1) is 6.54 Å². The third-order valence-electron chi connectivity index (χ3n) is 2.29. The highest BCUT2D eigenvalue weighted by molar-refractivity contribution is 5.82. The summed E-state index contributed by atoms with van der Waals surface area (Å²) in [5, 5.41) is 0. The molecule has 0 aromatic heterocycles. The molecule has 0 N–H and O–H groups in total. The van der Waals surface area contributed by atoms with Gasteiger partial charge in [-0.15, -0.1) is 0 Å². The second-order valence-electron chi connectivity index (χ2n) is 3.64. The number of hydrogen-bond acceptors (Lipinski definition) is 2. The molecule has 0 aromatic rings. The Labute approximate surface area is 81.1 Å². The normalized spacial score (nSPS) is 19.2. The number of rotatable bonds is 4. The maximum absolute atomic E-state index is 11.8. The summed E-state index contributed by atoms with van der Waals surface area (Å²) in [6.07, 6.45) is -3.52. The third-order valence-corrected chi connectivity index (χ3v) is 2.29. The Bertz CT molecular complexity index is 203. The lowest BCUT2D eigenvalue weighted by Crippen LogP contribution is -2.22. The Kier molecular flexibility index (Phi) is 3.92. The molecule has 5 heteroatoms. The van der Waals surface area contributed by atoms with Crippen molar-refractivity contribution in [2.45, 2.75) is 31.9 Å². The first-order valence-electron chi connectivity index (χ1n) is 4.78. The largest absolute Gasteiger partial charge is 0.389 e. The molecule has 1 aliphatic rings. The molecular weight excluding hydrogens is 195 g/mol. The molecule has 1 aliphatic heterocycles. The molecule has 0 unspecified atom stereocenters. The second-order valence-corrected chi connectivity index (χ2v) is 3.64. The molecule has 0 atom stereocenters. The number of Topliss-reactive ketones (excluding diaryl/α,β-unsaturated/α-hetero) is 1. The van der Waals surface area contributed by atoms with Gasteiger partial charge in [-0.05, 0) is 19.4 Å². The van der Waals surface area contributed by atoms with Crippen molar-refractivity contribution in [3.63, 3.8) is 0 Å². The summed E-state index contributed by atoms with van der Waals surface area (Å²) in [5.74, 6) is 0.195. The third kappa shape index (κ3) is 4.60. The first-order valence-corrected chi connectivity index (χ1v) is 4.78. The van der Waals surface area contributed by atoms with Gasteiger partial charge in [-0.25, -0.2) is 0 Å². The van der Waals surface area contributed by atoms with Crippen LogP contribution in [0.3, 0.4) is 0 Å². The Morgan fingerprint density at radius 1 is 1.29 bits per heavy atom. The number of nitrogens with zero attached hydrogens (tertiary/aromatic N) is 1. The fraction of sp³-hybridized carbons (Fsp3) is 0.889. The molecule has 2 nitrogen and oxygen atoms in total. The minimum Gasteiger partial charge on any atom is -0.298 e. The van der Waals surface area contributed by atoms with E-state index in [4.69, 9.17) is 0 Å². The number of carbonyl (C=O) groups excluding carboxylic acids is 1. The van der Waals surface area contributed by atoms with Crippen LogP contribution in [0.25, 0.3) is 0 Å². The summed E-state index contributed by atoms with van der Waals surface area (Å²) in [7, 11) is 0. The monoisotopic (exact) mass is 209 g/mol. The summed E-state index contributed by atoms with van der Waals surface area (Å²) in [4.78, 5) is 12.7. The van der Waals surface area contributed by atoms with Crippen LogP contribution in [0, 0.1) is 0 Å². The van der Waals surface area contributed by atoms with Gasteiger partial charge in [-0.3, -0.25) is 9.69 Å². The van der Waals surface area contributed by atoms with Crippen molar-refractivity contribution in [2.75, 3.05) is 19.6 Å². The minimum atomic E-state index is -4.04. The van der Waals surface area contributed by atoms with E-state index in [0.29, 0.717) is 32.5 Å². The number of unbranched alkanes of at least 4 members (excludes halogenated alkanes) is 1. The molecule has 0 aliphatic carbocycles. The Hall–Kier alpha value is -0.580. The minimum absolute atomic E-state index is 0.161. The van der Waals surface area contributed by atoms with E-state index in [-0.39, 0.29) is 12.2 Å². The van der Waals surface area contributed by atoms with Crippen LogP contribution in [-0.4, -0.2) is 36.5 Å². The molecule has 1 saturated heterocycles. The van der Waals surface area contributed by atoms with E-state index in [1.54, 1.807) is 0 Å². The van der Waals surface area contributed by atoms with Gasteiger partial charge in [-0.2, -0.15) is 13.2 Å². The molecular formula is C9H14F3NO. The SMILES string of the molecule is O=C1CCN(CCCCC(F)(F)F)C1. The van der Waals surface area contributed by atoms with E-state index < -0.39 is 12.6 Å². The summed E-state index contributed by atoms with van der Waals surface area (Å²) in [5.41, 5.74) is 0. The van der Waals surface area contributed by atoms with Gasteiger partial charge in [0.1, 0.15) is 5.78 Å². The zero-order valence-electron chi connectivity index (χ0n) is 7.94. The van der Waals surface area contributed by atoms with Gasteiger partial charge in [0, 0.05) is 19.4 Å². The van der Waals surface area contributed by atoms with Crippen LogP contribution in [0.2, 0.25) is 0 Å². The summed E-state index contributed by atoms with van der Waals surface area (Å²) < 4.78 is 35.3. The van der Waals surface area contributed by atoms with E-state index in [0.717, 1.165) is 0 Å². The zero-order valence-corrected chi connectivity index (χ0v) is 7.94. The number of alkyl halides is 3. The fourth-order valence-electron chi connectivity index (χ4n) is 1.54. The molecule has 1 fully saturated rings. The van der Waals surface area contributed by atoms with Gasteiger partial charge < -0.3 is 0 Å². The quantitative estimate of drug-likeness (QED) is 0.660. The molecule has 0 aromatic carbocycles. The summed E-state index contributed by atoms with van der Waals surface area (Å²) in [6.45, 7) is 1.75. The van der Waals surface area contributed by atoms with E-state index in [9.17, 15) is 18.0 Å². The Morgan fingerprint density at radius 2 is 2.00 bits per heavy atom. The smallest absolute Gasteiger partial charge is 0.298 e. The van der Waals surface area contributed by atoms with Gasteiger partial charge in [0.15, 0.2) is 0 Å². The van der Waals surface area contributed by atoms with E-state index in [2.05, 4.69) is 0 Å². The standard InChI is InChI=1S/C9H14F3NO/c10-9(11,12)4-1-2-5-13-6-3-8(14)7-13/h1-7H2. The van der Waals surface area contributed by atoms with Crippen LogP contribution >= 0.6 is 0 Å². The highest BCUT2D eigenvalue weighted by Crippen LogP contribution is 2.22. The van der Waals surface area contributed by atoms with Gasteiger partial charge in [-0.1, -0.05) is 0 Å². The molecule has 1 heterocycles. The van der Waals surface area contributed by atoms with Crippen molar-refractivity contribution in [2.24, 2.45) is 0 Å². The van der Waals surface area contributed by atoms with Crippen molar-refractivity contribution in [3.05, 3.63) is 0 Å². The predicted octanol–water partition coefficient (Wildman–Crippen LogP) is 1.99. The van der Waals surface area contributed by atoms with Crippen LogP contribution < -0.4 is 0 Å². The average molecular weight is 209 g/mol. The topological polar surface area (TPSA) is 20.3 Å². The fourth-order valence-corrected chi connectivity index (χ4v) is 1.54. The number of halogens is 3. The molecule has 82 valence electrons. The molecule has 14 heavy (non-hydrogen) atoms. The lowest BCUT2D eigenvalue weighted by Gasteiger charge is -2.13. The summed E-state index contributed by atoms with van der Waals surface area (Å²) >= 11 is 0. The molecule has 0 spiro atoms. The first kappa shape index (κ1) is 11.5. The average Bonchev–Trinajstić information content (AvgIpc) is 2.44. The lowest BCUT2D eigenvalue weighted by atomic mass is 10.2. The molecule has 0 saturated carbocycles. The highest BCUT2D eigenvalue weighted by atomic mass is 19.4. The predicted molar refractivity (Wildman–Crippen MR) is 46.0 cm³/mol. The van der Waals surface area contributed by atoms with E-state index in [1.807, 2.05) is 4.90 Å². The van der Waals surface area contributed by atoms with Gasteiger partial charge >= 0.3 is 6.18 Å². The number of likely N-dealkylation sites (tertiary alicyclic amines) is 1. The van der Waals surface area contributed by atoms with Crippen LogP contribution in [0.4, 0.5) is 13.2 Å². The van der Waals surface area contributed by atoms with Gasteiger partial charge in [0.2, 0.25) is 0 Å². The highest BCUT2D eigenvalue weighted by Gasteiger charge is 2.26. The summed E-state index contributed by atoms with van der Waals surface area (Å²) in [6, 6.07) is 0. The Morgan fingerprint density at radius 3 is 2.50 bits per heavy atom. The lowest BCUT2D eigenvalue weighted by molar-refractivity contribution is -0.135. The van der Waals surface area contributed by atoms with E-state index >= 15 is 0 Å². The van der Waals surface area contributed by atoms with Crippen molar-refractivity contribution in [3.8, 4) is 0 Å². The zero-order chi connectivity index (χ0) is 10.6. The second kappa shape index (κ2) is 4.77. The van der Waals surface area contributed by atoms with E-state index in [1.165, 1.54) is 0 Å². The van der Waals surface area contributed by atoms with Crippen molar-refractivity contribution < 1.29 is 18.0 Å². The van der Waals surface area contributed by atoms with Crippen molar-refractivity contribution in [1.29, 1.82) is 0 Å². The molecule has 0 radical (unpaired) electrons. The number of hydrogen-bond donors (Lipinski definition) is 0. The Balaban J connectivity index is 2.02. The maximum atomic E-state index is 11.8. The molecule has 1 rings (SSSR count). The molecule has 0 bridgehead atoms. The van der Waals surface area contributed by atoms with Gasteiger partial charge in [0.25, 0.3) is 0 Å².